The van der Waals surface area contributed by atoms with Crippen LogP contribution in [0.3, 0.4) is 0 Å². The van der Waals surface area contributed by atoms with Crippen molar-refractivity contribution in [2.45, 2.75) is 13.0 Å². The van der Waals surface area contributed by atoms with Crippen molar-refractivity contribution in [3.8, 4) is 23.1 Å². The molecule has 2 aliphatic rings. The molecular weight excluding hydrogens is 411 g/mol. The molecule has 0 saturated carbocycles. The molecular formula is C24H25FN4O3. The minimum absolute atomic E-state index is 0.205. The fourth-order valence-corrected chi connectivity index (χ4v) is 4.06. The topological polar surface area (TPSA) is 60.0 Å². The average molecular weight is 436 g/mol. The van der Waals surface area contributed by atoms with Crippen LogP contribution in [-0.4, -0.2) is 54.3 Å². The van der Waals surface area contributed by atoms with E-state index >= 15 is 0 Å². The van der Waals surface area contributed by atoms with Gasteiger partial charge in [-0.3, -0.25) is 4.90 Å². The highest BCUT2D eigenvalue weighted by Gasteiger charge is 2.23. The van der Waals surface area contributed by atoms with Gasteiger partial charge < -0.3 is 19.1 Å². The fourth-order valence-electron chi connectivity index (χ4n) is 4.06. The van der Waals surface area contributed by atoms with Gasteiger partial charge in [-0.15, -0.1) is 0 Å². The van der Waals surface area contributed by atoms with Gasteiger partial charge in [0, 0.05) is 44.4 Å². The minimum atomic E-state index is -0.205. The third kappa shape index (κ3) is 4.45. The Balaban J connectivity index is 1.22. The summed E-state index contributed by atoms with van der Waals surface area (Å²) >= 11 is 0. The molecule has 0 bridgehead atoms. The van der Waals surface area contributed by atoms with Crippen molar-refractivity contribution in [1.82, 2.24) is 14.9 Å². The number of hydrogen-bond acceptors (Lipinski definition) is 7. The Morgan fingerprint density at radius 3 is 2.44 bits per heavy atom. The lowest BCUT2D eigenvalue weighted by molar-refractivity contribution is 0.171. The average Bonchev–Trinajstić information content (AvgIpc) is 2.84. The van der Waals surface area contributed by atoms with Crippen LogP contribution in [0.4, 0.5) is 10.2 Å². The third-order valence-electron chi connectivity index (χ3n) is 5.90. The first kappa shape index (κ1) is 20.5. The van der Waals surface area contributed by atoms with Crippen LogP contribution in [0.15, 0.2) is 54.9 Å². The predicted octanol–water partition coefficient (Wildman–Crippen LogP) is 4.06. The smallest absolute Gasteiger partial charge is 0.224 e. The van der Waals surface area contributed by atoms with E-state index in [1.165, 1.54) is 18.5 Å². The summed E-state index contributed by atoms with van der Waals surface area (Å²) in [5.41, 5.74) is 1.12. The molecule has 0 aliphatic carbocycles. The predicted molar refractivity (Wildman–Crippen MR) is 118 cm³/mol. The molecule has 0 amide bonds. The van der Waals surface area contributed by atoms with E-state index in [0.29, 0.717) is 30.6 Å². The lowest BCUT2D eigenvalue weighted by Gasteiger charge is -2.38. The molecule has 32 heavy (non-hydrogen) atoms. The van der Waals surface area contributed by atoms with Crippen LogP contribution in [0.1, 0.15) is 18.5 Å². The quantitative estimate of drug-likeness (QED) is 0.598. The SMILES string of the molecule is C[C@@H](c1ccc(F)cc1)N1CCN(c2cc(Oc3ccc4c(c3)OCCO4)ncn2)CC1. The second-order valence-electron chi connectivity index (χ2n) is 7.87. The second kappa shape index (κ2) is 9.00. The molecule has 7 nitrogen and oxygen atoms in total. The highest BCUT2D eigenvalue weighted by molar-refractivity contribution is 5.48. The van der Waals surface area contributed by atoms with Crippen molar-refractivity contribution in [3.05, 3.63) is 66.2 Å². The van der Waals surface area contributed by atoms with E-state index in [-0.39, 0.29) is 11.9 Å². The van der Waals surface area contributed by atoms with Crippen LogP contribution in [0, 0.1) is 5.82 Å². The zero-order chi connectivity index (χ0) is 21.9. The standard InChI is InChI=1S/C24H25FN4O3/c1-17(18-2-4-19(25)5-3-18)28-8-10-29(11-9-28)23-15-24(27-16-26-23)32-20-6-7-21-22(14-20)31-13-12-30-21/h2-7,14-17H,8-13H2,1H3/t17-/m0/s1. The number of hydrogen-bond donors (Lipinski definition) is 0. The summed E-state index contributed by atoms with van der Waals surface area (Å²) in [6.07, 6.45) is 1.52. The largest absolute Gasteiger partial charge is 0.486 e. The normalized spacial score (nSPS) is 17.1. The number of halogens is 1. The van der Waals surface area contributed by atoms with Crippen LogP contribution in [0.25, 0.3) is 0 Å². The van der Waals surface area contributed by atoms with Gasteiger partial charge in [0.1, 0.15) is 36.9 Å². The number of nitrogens with zero attached hydrogens (tertiary/aromatic N) is 4. The molecule has 0 radical (unpaired) electrons. The van der Waals surface area contributed by atoms with Crippen LogP contribution in [0.5, 0.6) is 23.1 Å². The van der Waals surface area contributed by atoms with E-state index in [1.807, 2.05) is 36.4 Å². The van der Waals surface area contributed by atoms with Gasteiger partial charge >= 0.3 is 0 Å². The zero-order valence-electron chi connectivity index (χ0n) is 17.9. The van der Waals surface area contributed by atoms with Gasteiger partial charge in [-0.25, -0.2) is 14.4 Å². The number of aromatic nitrogens is 2. The molecule has 0 unspecified atom stereocenters. The van der Waals surface area contributed by atoms with Gasteiger partial charge in [0.25, 0.3) is 0 Å². The maximum atomic E-state index is 13.2. The molecule has 1 saturated heterocycles. The molecule has 5 rings (SSSR count). The first-order valence-electron chi connectivity index (χ1n) is 10.8. The molecule has 8 heteroatoms. The van der Waals surface area contributed by atoms with Crippen molar-refractivity contribution in [2.75, 3.05) is 44.3 Å². The highest BCUT2D eigenvalue weighted by Crippen LogP contribution is 2.35. The van der Waals surface area contributed by atoms with E-state index in [4.69, 9.17) is 14.2 Å². The van der Waals surface area contributed by atoms with Crippen molar-refractivity contribution in [1.29, 1.82) is 0 Å². The summed E-state index contributed by atoms with van der Waals surface area (Å²) in [7, 11) is 0. The number of fused-ring (bicyclic) bond motifs is 1. The lowest BCUT2D eigenvalue weighted by Crippen LogP contribution is -2.47. The molecule has 3 aromatic rings. The number of rotatable bonds is 5. The van der Waals surface area contributed by atoms with Crippen LogP contribution >= 0.6 is 0 Å². The van der Waals surface area contributed by atoms with Gasteiger partial charge in [-0.2, -0.15) is 0 Å². The summed E-state index contributed by atoms with van der Waals surface area (Å²) in [5.74, 6) is 3.14. The Labute approximate surface area is 186 Å². The summed E-state index contributed by atoms with van der Waals surface area (Å²) in [4.78, 5) is 13.3. The summed E-state index contributed by atoms with van der Waals surface area (Å²) in [6.45, 7) is 6.70. The summed E-state index contributed by atoms with van der Waals surface area (Å²) < 4.78 is 30.3. The van der Waals surface area contributed by atoms with Crippen molar-refractivity contribution in [3.63, 3.8) is 0 Å². The molecule has 0 spiro atoms. The number of anilines is 1. The molecule has 166 valence electrons. The van der Waals surface area contributed by atoms with Crippen molar-refractivity contribution >= 4 is 5.82 Å². The first-order valence-corrected chi connectivity index (χ1v) is 10.8. The highest BCUT2D eigenvalue weighted by atomic mass is 19.1. The maximum Gasteiger partial charge on any atom is 0.224 e. The van der Waals surface area contributed by atoms with Gasteiger partial charge in [0.05, 0.1) is 0 Å². The van der Waals surface area contributed by atoms with E-state index in [9.17, 15) is 4.39 Å². The molecule has 2 aromatic carbocycles. The zero-order valence-corrected chi connectivity index (χ0v) is 17.9. The Bertz CT molecular complexity index is 1070. The van der Waals surface area contributed by atoms with E-state index < -0.39 is 0 Å². The maximum absolute atomic E-state index is 13.2. The summed E-state index contributed by atoms with van der Waals surface area (Å²) in [5, 5.41) is 0. The lowest BCUT2D eigenvalue weighted by atomic mass is 10.1. The number of piperazine rings is 1. The molecule has 1 aromatic heterocycles. The van der Waals surface area contributed by atoms with Gasteiger partial charge in [0.15, 0.2) is 11.5 Å². The second-order valence-corrected chi connectivity index (χ2v) is 7.87. The Kier molecular flexibility index (Phi) is 5.77. The molecule has 3 heterocycles. The Morgan fingerprint density at radius 1 is 0.906 bits per heavy atom. The molecule has 2 aliphatic heterocycles. The van der Waals surface area contributed by atoms with E-state index in [0.717, 1.165) is 43.3 Å². The van der Waals surface area contributed by atoms with E-state index in [2.05, 4.69) is 26.7 Å². The first-order chi connectivity index (χ1) is 15.7. The number of ether oxygens (including phenoxy) is 3. The van der Waals surface area contributed by atoms with Gasteiger partial charge in [0.2, 0.25) is 5.88 Å². The molecule has 1 fully saturated rings. The minimum Gasteiger partial charge on any atom is -0.486 e. The molecule has 1 atom stereocenters. The van der Waals surface area contributed by atoms with Crippen LogP contribution in [-0.2, 0) is 0 Å². The van der Waals surface area contributed by atoms with Gasteiger partial charge in [-0.05, 0) is 36.8 Å². The Hall–Kier alpha value is -3.39. The summed E-state index contributed by atoms with van der Waals surface area (Å²) in [6, 6.07) is 14.3. The Morgan fingerprint density at radius 2 is 1.66 bits per heavy atom. The van der Waals surface area contributed by atoms with Gasteiger partial charge in [-0.1, -0.05) is 12.1 Å². The van der Waals surface area contributed by atoms with Crippen molar-refractivity contribution < 1.29 is 18.6 Å². The van der Waals surface area contributed by atoms with Crippen LogP contribution in [0.2, 0.25) is 0 Å². The fraction of sp³-hybridized carbons (Fsp3) is 0.333. The van der Waals surface area contributed by atoms with Crippen LogP contribution < -0.4 is 19.1 Å². The monoisotopic (exact) mass is 436 g/mol. The molecule has 0 N–H and O–H groups in total. The van der Waals surface area contributed by atoms with Crippen molar-refractivity contribution in [2.24, 2.45) is 0 Å². The third-order valence-corrected chi connectivity index (χ3v) is 5.90. The number of benzene rings is 2. The van der Waals surface area contributed by atoms with E-state index in [1.54, 1.807) is 0 Å².